The summed E-state index contributed by atoms with van der Waals surface area (Å²) in [4.78, 5) is 12.1. The number of hydrogen-bond acceptors (Lipinski definition) is 4. The number of rotatable bonds is 8. The first-order chi connectivity index (χ1) is 11.6. The molecule has 0 radical (unpaired) electrons. The molecule has 1 N–H and O–H groups in total. The summed E-state index contributed by atoms with van der Waals surface area (Å²) in [6.07, 6.45) is 4.12. The van der Waals surface area contributed by atoms with E-state index in [1.54, 1.807) is 18.2 Å². The van der Waals surface area contributed by atoms with Crippen molar-refractivity contribution in [2.75, 3.05) is 13.2 Å². The van der Waals surface area contributed by atoms with Crippen molar-refractivity contribution in [3.05, 3.63) is 59.7 Å². The van der Waals surface area contributed by atoms with Gasteiger partial charge in [0, 0.05) is 5.56 Å². The molecule has 0 fully saturated rings. The lowest BCUT2D eigenvalue weighted by Gasteiger charge is -2.12. The van der Waals surface area contributed by atoms with Gasteiger partial charge < -0.3 is 14.6 Å². The van der Waals surface area contributed by atoms with Gasteiger partial charge in [0.25, 0.3) is 0 Å². The van der Waals surface area contributed by atoms with Crippen molar-refractivity contribution < 1.29 is 19.4 Å². The molecule has 0 bridgehead atoms. The maximum atomic E-state index is 12.1. The van der Waals surface area contributed by atoms with Crippen molar-refractivity contribution in [2.45, 2.75) is 20.3 Å². The second kappa shape index (κ2) is 8.77. The molecule has 2 rings (SSSR count). The highest BCUT2D eigenvalue weighted by molar-refractivity contribution is 6.07. The van der Waals surface area contributed by atoms with Gasteiger partial charge in [-0.15, -0.1) is 0 Å². The Morgan fingerprint density at radius 2 is 1.92 bits per heavy atom. The first-order valence-electron chi connectivity index (χ1n) is 8.05. The van der Waals surface area contributed by atoms with Gasteiger partial charge in [-0.25, -0.2) is 0 Å². The number of carbonyl (C=O) groups excluding carboxylic acids is 1. The van der Waals surface area contributed by atoms with Gasteiger partial charge in [-0.1, -0.05) is 31.2 Å². The van der Waals surface area contributed by atoms with Crippen molar-refractivity contribution >= 4 is 11.9 Å². The lowest BCUT2D eigenvalue weighted by atomic mass is 10.1. The number of ether oxygens (including phenoxy) is 2. The summed E-state index contributed by atoms with van der Waals surface area (Å²) in [6, 6.07) is 11.9. The van der Waals surface area contributed by atoms with Gasteiger partial charge in [-0.2, -0.15) is 0 Å². The van der Waals surface area contributed by atoms with E-state index in [0.717, 1.165) is 12.0 Å². The Balaban J connectivity index is 2.16. The Kier molecular flexibility index (Phi) is 6.43. The third-order valence-corrected chi connectivity index (χ3v) is 3.29. The molecule has 0 aromatic heterocycles. The first-order valence-corrected chi connectivity index (χ1v) is 8.05. The van der Waals surface area contributed by atoms with Gasteiger partial charge in [0.05, 0.1) is 13.2 Å². The molecule has 0 unspecified atom stereocenters. The maximum absolute atomic E-state index is 12.1. The highest BCUT2D eigenvalue weighted by Gasteiger charge is 2.06. The van der Waals surface area contributed by atoms with Crippen LogP contribution in [0.4, 0.5) is 0 Å². The van der Waals surface area contributed by atoms with E-state index in [1.165, 1.54) is 18.2 Å². The topological polar surface area (TPSA) is 55.8 Å². The SMILES string of the molecule is CCCOc1ccc(/C=C/C(=O)c2cccc(O)c2)cc1OCC. The van der Waals surface area contributed by atoms with Gasteiger partial charge in [0.2, 0.25) is 0 Å². The molecule has 2 aromatic carbocycles. The van der Waals surface area contributed by atoms with Crippen LogP contribution in [0.15, 0.2) is 48.5 Å². The van der Waals surface area contributed by atoms with Crippen molar-refractivity contribution in [2.24, 2.45) is 0 Å². The van der Waals surface area contributed by atoms with Crippen LogP contribution in [-0.2, 0) is 0 Å². The smallest absolute Gasteiger partial charge is 0.185 e. The van der Waals surface area contributed by atoms with Crippen LogP contribution in [-0.4, -0.2) is 24.1 Å². The molecule has 126 valence electrons. The monoisotopic (exact) mass is 326 g/mol. The molecule has 4 nitrogen and oxygen atoms in total. The average molecular weight is 326 g/mol. The predicted molar refractivity (Wildman–Crippen MR) is 94.9 cm³/mol. The minimum absolute atomic E-state index is 0.0744. The molecule has 0 amide bonds. The number of carbonyl (C=O) groups is 1. The lowest BCUT2D eigenvalue weighted by molar-refractivity contribution is 0.104. The summed E-state index contributed by atoms with van der Waals surface area (Å²) in [5, 5.41) is 9.44. The summed E-state index contributed by atoms with van der Waals surface area (Å²) in [5.41, 5.74) is 1.29. The number of hydrogen-bond donors (Lipinski definition) is 1. The molecule has 4 heteroatoms. The van der Waals surface area contributed by atoms with E-state index in [9.17, 15) is 9.90 Å². The van der Waals surface area contributed by atoms with Gasteiger partial charge >= 0.3 is 0 Å². The molecule has 0 spiro atoms. The van der Waals surface area contributed by atoms with Crippen LogP contribution in [0.1, 0.15) is 36.2 Å². The second-order valence-electron chi connectivity index (χ2n) is 5.24. The minimum atomic E-state index is -0.171. The molecule has 0 saturated carbocycles. The van der Waals surface area contributed by atoms with Crippen LogP contribution < -0.4 is 9.47 Å². The predicted octanol–water partition coefficient (Wildman–Crippen LogP) is 4.48. The first kappa shape index (κ1) is 17.6. The second-order valence-corrected chi connectivity index (χ2v) is 5.24. The average Bonchev–Trinajstić information content (AvgIpc) is 2.59. The molecule has 2 aromatic rings. The van der Waals surface area contributed by atoms with E-state index in [2.05, 4.69) is 0 Å². The minimum Gasteiger partial charge on any atom is -0.508 e. The van der Waals surface area contributed by atoms with Crippen molar-refractivity contribution in [1.29, 1.82) is 0 Å². The molecule has 0 aliphatic rings. The van der Waals surface area contributed by atoms with Crippen LogP contribution in [0.5, 0.6) is 17.2 Å². The normalized spacial score (nSPS) is 10.8. The highest BCUT2D eigenvalue weighted by Crippen LogP contribution is 2.29. The van der Waals surface area contributed by atoms with E-state index in [1.807, 2.05) is 32.0 Å². The quantitative estimate of drug-likeness (QED) is 0.574. The van der Waals surface area contributed by atoms with Gasteiger partial charge in [0.15, 0.2) is 17.3 Å². The molecular formula is C20H22O4. The lowest BCUT2D eigenvalue weighted by Crippen LogP contribution is -2.00. The van der Waals surface area contributed by atoms with E-state index in [4.69, 9.17) is 9.47 Å². The Hall–Kier alpha value is -2.75. The van der Waals surface area contributed by atoms with Gasteiger partial charge in [-0.3, -0.25) is 4.79 Å². The molecular weight excluding hydrogens is 304 g/mol. The number of allylic oxidation sites excluding steroid dienone is 1. The zero-order chi connectivity index (χ0) is 17.4. The summed E-state index contributed by atoms with van der Waals surface area (Å²) in [7, 11) is 0. The van der Waals surface area contributed by atoms with Gasteiger partial charge in [0.1, 0.15) is 5.75 Å². The summed E-state index contributed by atoms with van der Waals surface area (Å²) >= 11 is 0. The fourth-order valence-corrected chi connectivity index (χ4v) is 2.16. The fraction of sp³-hybridized carbons (Fsp3) is 0.250. The van der Waals surface area contributed by atoms with Crippen LogP contribution in [0.3, 0.4) is 0 Å². The molecule has 0 aliphatic carbocycles. The molecule has 24 heavy (non-hydrogen) atoms. The third-order valence-electron chi connectivity index (χ3n) is 3.29. The largest absolute Gasteiger partial charge is 0.508 e. The van der Waals surface area contributed by atoms with Crippen molar-refractivity contribution in [3.63, 3.8) is 0 Å². The molecule has 0 atom stereocenters. The number of phenols is 1. The molecule has 0 aliphatic heterocycles. The van der Waals surface area contributed by atoms with E-state index in [0.29, 0.717) is 30.3 Å². The summed E-state index contributed by atoms with van der Waals surface area (Å²) < 4.78 is 11.3. The molecule has 0 heterocycles. The van der Waals surface area contributed by atoms with E-state index in [-0.39, 0.29) is 11.5 Å². The Labute approximate surface area is 142 Å². The Morgan fingerprint density at radius 1 is 1.08 bits per heavy atom. The van der Waals surface area contributed by atoms with Crippen LogP contribution in [0.25, 0.3) is 6.08 Å². The Morgan fingerprint density at radius 3 is 2.62 bits per heavy atom. The Bertz CT molecular complexity index is 719. The van der Waals surface area contributed by atoms with Crippen molar-refractivity contribution in [1.82, 2.24) is 0 Å². The van der Waals surface area contributed by atoms with Crippen molar-refractivity contribution in [3.8, 4) is 17.2 Å². The van der Waals surface area contributed by atoms with Crippen LogP contribution in [0.2, 0.25) is 0 Å². The summed E-state index contributed by atoms with van der Waals surface area (Å²) in [6.45, 7) is 5.13. The zero-order valence-electron chi connectivity index (χ0n) is 14.0. The van der Waals surface area contributed by atoms with E-state index >= 15 is 0 Å². The molecule has 0 saturated heterocycles. The van der Waals surface area contributed by atoms with Crippen LogP contribution in [0, 0.1) is 0 Å². The van der Waals surface area contributed by atoms with Gasteiger partial charge in [-0.05, 0) is 49.2 Å². The number of benzene rings is 2. The highest BCUT2D eigenvalue weighted by atomic mass is 16.5. The van der Waals surface area contributed by atoms with E-state index < -0.39 is 0 Å². The zero-order valence-corrected chi connectivity index (χ0v) is 14.0. The van der Waals surface area contributed by atoms with Crippen LogP contribution >= 0.6 is 0 Å². The number of aromatic hydroxyl groups is 1. The summed E-state index contributed by atoms with van der Waals surface area (Å²) in [5.74, 6) is 1.27. The standard InChI is InChI=1S/C20H22O4/c1-3-12-24-19-11-9-15(13-20(19)23-4-2)8-10-18(22)16-6-5-7-17(21)14-16/h5-11,13-14,21H,3-4,12H2,1-2H3/b10-8+. The third kappa shape index (κ3) is 4.88. The number of ketones is 1. The fourth-order valence-electron chi connectivity index (χ4n) is 2.16. The maximum Gasteiger partial charge on any atom is 0.185 e. The number of phenolic OH excluding ortho intramolecular Hbond substituents is 1.